The molecule has 2 aliphatic carbocycles. The van der Waals surface area contributed by atoms with Gasteiger partial charge in [0.15, 0.2) is 21.0 Å². The zero-order valence-electron chi connectivity index (χ0n) is 16.4. The number of ether oxygens (including phenoxy) is 1. The number of nitrogens with zero attached hydrogens (tertiary/aromatic N) is 4. The van der Waals surface area contributed by atoms with E-state index in [0.29, 0.717) is 13.2 Å². The third-order valence-electron chi connectivity index (χ3n) is 5.91. The number of aryl methyl sites for hydroxylation is 3. The summed E-state index contributed by atoms with van der Waals surface area (Å²) in [6.45, 7) is 1.07. The highest BCUT2D eigenvalue weighted by atomic mass is 32.2. The second-order valence-electron chi connectivity index (χ2n) is 7.73. The Hall–Kier alpha value is -3.06. The molecule has 2 amide bonds. The summed E-state index contributed by atoms with van der Waals surface area (Å²) in [5.41, 5.74) is 5.69. The van der Waals surface area contributed by atoms with E-state index in [0.717, 1.165) is 61.8 Å². The van der Waals surface area contributed by atoms with Crippen LogP contribution in [0.15, 0.2) is 21.5 Å². The number of nitriles is 1. The van der Waals surface area contributed by atoms with Gasteiger partial charge in [-0.3, -0.25) is 0 Å². The Morgan fingerprint density at radius 3 is 2.63 bits per heavy atom. The van der Waals surface area contributed by atoms with Gasteiger partial charge in [0, 0.05) is 18.7 Å². The van der Waals surface area contributed by atoms with E-state index in [2.05, 4.69) is 25.6 Å². The van der Waals surface area contributed by atoms with Crippen molar-refractivity contribution < 1.29 is 13.7 Å². The zero-order valence-corrected chi connectivity index (χ0v) is 17.3. The summed E-state index contributed by atoms with van der Waals surface area (Å²) in [6.07, 6.45) is 9.76. The van der Waals surface area contributed by atoms with E-state index < -0.39 is 15.9 Å². The van der Waals surface area contributed by atoms with Crippen molar-refractivity contribution in [1.82, 2.24) is 14.5 Å². The predicted molar refractivity (Wildman–Crippen MR) is 109 cm³/mol. The van der Waals surface area contributed by atoms with E-state index in [-0.39, 0.29) is 10.8 Å². The molecule has 0 bridgehead atoms. The van der Waals surface area contributed by atoms with Gasteiger partial charge in [0.25, 0.3) is 0 Å². The molecule has 5 rings (SSSR count). The molecule has 10 heteroatoms. The van der Waals surface area contributed by atoms with Gasteiger partial charge >= 0.3 is 6.03 Å². The highest BCUT2D eigenvalue weighted by molar-refractivity contribution is 7.92. The third kappa shape index (κ3) is 3.10. The number of aromatic nitrogens is 2. The molecule has 30 heavy (non-hydrogen) atoms. The van der Waals surface area contributed by atoms with Crippen molar-refractivity contribution in [3.05, 3.63) is 34.5 Å². The first kappa shape index (κ1) is 18.9. The Morgan fingerprint density at radius 2 is 1.93 bits per heavy atom. The van der Waals surface area contributed by atoms with Crippen LogP contribution in [-0.4, -0.2) is 26.6 Å². The molecular formula is C20H22N6O3S. The van der Waals surface area contributed by atoms with Crippen molar-refractivity contribution in [3.63, 3.8) is 0 Å². The molecule has 1 atom stereocenters. The number of carbonyl (C=O) groups excluding carboxylic acids is 1. The molecule has 1 unspecified atom stereocenters. The number of amides is 2. The molecular weight excluding hydrogens is 404 g/mol. The lowest BCUT2D eigenvalue weighted by molar-refractivity contribution is 0.224. The molecule has 1 aliphatic heterocycles. The number of hydrogen-bond donors (Lipinski definition) is 2. The maximum atomic E-state index is 13.5. The maximum absolute atomic E-state index is 13.5. The quantitative estimate of drug-likeness (QED) is 0.577. The number of fused-ring (bicyclic) bond motifs is 3. The van der Waals surface area contributed by atoms with Crippen molar-refractivity contribution >= 4 is 21.6 Å². The fourth-order valence-corrected chi connectivity index (χ4v) is 5.89. The van der Waals surface area contributed by atoms with Gasteiger partial charge in [-0.2, -0.15) is 10.4 Å². The molecule has 2 aromatic rings. The molecule has 3 aliphatic rings. The van der Waals surface area contributed by atoms with E-state index in [1.165, 1.54) is 17.3 Å². The van der Waals surface area contributed by atoms with Crippen molar-refractivity contribution in [2.45, 2.75) is 56.4 Å². The first-order valence-corrected chi connectivity index (χ1v) is 11.7. The fourth-order valence-electron chi connectivity index (χ4n) is 4.64. The van der Waals surface area contributed by atoms with Crippen LogP contribution in [0.5, 0.6) is 5.88 Å². The second-order valence-corrected chi connectivity index (χ2v) is 9.61. The molecule has 0 fully saturated rings. The molecule has 1 aromatic carbocycles. The predicted octanol–water partition coefficient (Wildman–Crippen LogP) is 2.69. The van der Waals surface area contributed by atoms with Gasteiger partial charge in [0.1, 0.15) is 0 Å². The van der Waals surface area contributed by atoms with Crippen molar-refractivity contribution in [2.24, 2.45) is 4.36 Å². The van der Waals surface area contributed by atoms with E-state index in [9.17, 15) is 9.00 Å². The lowest BCUT2D eigenvalue weighted by Gasteiger charge is -2.17. The highest BCUT2D eigenvalue weighted by Crippen LogP contribution is 2.38. The lowest BCUT2D eigenvalue weighted by Crippen LogP contribution is -2.23. The molecule has 156 valence electrons. The SMILES string of the molecule is N#CNS(=O)(=NC(=O)Nc1c2c(cc3c1CCC3)CCC2)c1cnn2c1OCCC2. The van der Waals surface area contributed by atoms with Gasteiger partial charge in [-0.1, -0.05) is 6.07 Å². The zero-order chi connectivity index (χ0) is 20.7. The van der Waals surface area contributed by atoms with Crippen LogP contribution in [0.1, 0.15) is 41.5 Å². The summed E-state index contributed by atoms with van der Waals surface area (Å²) in [4.78, 5) is 13.0. The minimum atomic E-state index is -3.57. The molecule has 2 N–H and O–H groups in total. The molecule has 9 nitrogen and oxygen atoms in total. The Bertz CT molecular complexity index is 1170. The van der Waals surface area contributed by atoms with Crippen LogP contribution in [0.4, 0.5) is 10.5 Å². The molecule has 0 spiro atoms. The number of rotatable bonds is 3. The fraction of sp³-hybridized carbons (Fsp3) is 0.450. The average Bonchev–Trinajstić information content (AvgIpc) is 3.46. The summed E-state index contributed by atoms with van der Waals surface area (Å²) in [5, 5.41) is 16.2. The topological polar surface area (TPSA) is 121 Å². The van der Waals surface area contributed by atoms with Crippen LogP contribution in [0.3, 0.4) is 0 Å². The van der Waals surface area contributed by atoms with Crippen molar-refractivity contribution in [3.8, 4) is 12.1 Å². The van der Waals surface area contributed by atoms with Gasteiger partial charge in [0.05, 0.1) is 12.8 Å². The molecule has 0 saturated carbocycles. The summed E-state index contributed by atoms with van der Waals surface area (Å²) in [7, 11) is -3.57. The van der Waals surface area contributed by atoms with Crippen LogP contribution < -0.4 is 14.8 Å². The van der Waals surface area contributed by atoms with Gasteiger partial charge in [-0.25, -0.2) is 18.4 Å². The number of urea groups is 1. The molecule has 0 radical (unpaired) electrons. The van der Waals surface area contributed by atoms with Gasteiger partial charge in [0.2, 0.25) is 5.88 Å². The van der Waals surface area contributed by atoms with Crippen LogP contribution in [0.2, 0.25) is 0 Å². The third-order valence-corrected chi connectivity index (χ3v) is 7.58. The Kier molecular flexibility index (Phi) is 4.62. The van der Waals surface area contributed by atoms with E-state index >= 15 is 0 Å². The first-order valence-electron chi connectivity index (χ1n) is 10.2. The molecule has 0 saturated heterocycles. The maximum Gasteiger partial charge on any atom is 0.355 e. The lowest BCUT2D eigenvalue weighted by atomic mass is 9.99. The smallest absolute Gasteiger partial charge is 0.355 e. The number of nitrogens with one attached hydrogen (secondary N) is 2. The summed E-state index contributed by atoms with van der Waals surface area (Å²) in [6, 6.07) is 1.53. The number of benzene rings is 1. The summed E-state index contributed by atoms with van der Waals surface area (Å²) in [5.74, 6) is 0.284. The first-order chi connectivity index (χ1) is 14.6. The van der Waals surface area contributed by atoms with Gasteiger partial charge in [-0.15, -0.1) is 4.36 Å². The van der Waals surface area contributed by atoms with Crippen molar-refractivity contribution in [2.75, 3.05) is 11.9 Å². The Morgan fingerprint density at radius 1 is 1.20 bits per heavy atom. The average molecular weight is 427 g/mol. The number of anilines is 1. The summed E-state index contributed by atoms with van der Waals surface area (Å²) < 4.78 is 26.8. The minimum Gasteiger partial charge on any atom is -0.477 e. The summed E-state index contributed by atoms with van der Waals surface area (Å²) >= 11 is 0. The second kappa shape index (κ2) is 7.32. The highest BCUT2D eigenvalue weighted by Gasteiger charge is 2.28. The monoisotopic (exact) mass is 426 g/mol. The Labute approximate surface area is 174 Å². The molecule has 1 aromatic heterocycles. The van der Waals surface area contributed by atoms with Gasteiger partial charge in [-0.05, 0) is 60.8 Å². The largest absolute Gasteiger partial charge is 0.477 e. The Balaban J connectivity index is 1.53. The van der Waals surface area contributed by atoms with Gasteiger partial charge < -0.3 is 10.1 Å². The van der Waals surface area contributed by atoms with Crippen LogP contribution in [-0.2, 0) is 42.1 Å². The number of hydrogen-bond acceptors (Lipinski definition) is 5. The van der Waals surface area contributed by atoms with Crippen LogP contribution in [0.25, 0.3) is 0 Å². The van der Waals surface area contributed by atoms with E-state index in [1.54, 1.807) is 10.9 Å². The standard InChI is InChI=1S/C20H22N6O3S/c21-12-23-30(28,17-11-22-26-8-3-9-29-19(17)26)25-20(27)24-18-15-6-1-4-13(15)10-14-5-2-7-16(14)18/h10-11H,1-9H2,(H2,23,24,25,27,28). The van der Waals surface area contributed by atoms with Crippen LogP contribution in [0, 0.1) is 11.5 Å². The van der Waals surface area contributed by atoms with Crippen LogP contribution >= 0.6 is 0 Å². The number of carbonyl (C=O) groups is 1. The van der Waals surface area contributed by atoms with Crippen molar-refractivity contribution in [1.29, 1.82) is 5.26 Å². The molecule has 2 heterocycles. The minimum absolute atomic E-state index is 0.113. The van der Waals surface area contributed by atoms with E-state index in [4.69, 9.17) is 10.00 Å². The van der Waals surface area contributed by atoms with E-state index in [1.807, 2.05) is 0 Å². The normalized spacial score (nSPS) is 18.2.